The summed E-state index contributed by atoms with van der Waals surface area (Å²) in [4.78, 5) is 11.4. The van der Waals surface area contributed by atoms with Crippen molar-refractivity contribution in [2.24, 2.45) is 0 Å². The molecule has 1 amide bonds. The maximum atomic E-state index is 11.4. The smallest absolute Gasteiger partial charge is 0.412 e. The molecule has 0 bridgehead atoms. The van der Waals surface area contributed by atoms with Gasteiger partial charge in [0.1, 0.15) is 5.60 Å². The minimum Gasteiger partial charge on any atom is -0.444 e. The molecule has 3 N–H and O–H groups in total. The molecule has 2 aromatic carbocycles. The molecule has 0 heterocycles. The Morgan fingerprint density at radius 1 is 0.957 bits per heavy atom. The van der Waals surface area contributed by atoms with E-state index in [1.807, 2.05) is 57.2 Å². The van der Waals surface area contributed by atoms with Crippen molar-refractivity contribution in [3.8, 4) is 0 Å². The van der Waals surface area contributed by atoms with Gasteiger partial charge in [0.05, 0.1) is 0 Å². The quantitative estimate of drug-likeness (QED) is 0.545. The van der Waals surface area contributed by atoms with E-state index in [-0.39, 0.29) is 0 Å². The van der Waals surface area contributed by atoms with Gasteiger partial charge in [0.25, 0.3) is 0 Å². The Hall–Kier alpha value is -1.53. The predicted octanol–water partition coefficient (Wildman–Crippen LogP) is 5.83. The zero-order valence-corrected chi connectivity index (χ0v) is 16.4. The molecule has 124 valence electrons. The fourth-order valence-electron chi connectivity index (χ4n) is 1.42. The third-order valence-corrected chi connectivity index (χ3v) is 3.42. The molecule has 2 rings (SSSR count). The first-order valence-corrected chi connectivity index (χ1v) is 8.51. The van der Waals surface area contributed by atoms with E-state index in [1.165, 1.54) is 0 Å². The zero-order chi connectivity index (χ0) is 17.5. The number of benzene rings is 2. The molecule has 23 heavy (non-hydrogen) atoms. The molecule has 0 aromatic heterocycles. The van der Waals surface area contributed by atoms with Crippen LogP contribution in [0.2, 0.25) is 0 Å². The standard InChI is InChI=1S/C11H14BrNO2.C6H6BrN/c1-11(2,3)15-10(14)13-9-6-4-8(12)5-7-9;7-5-1-3-6(8)4-2-5/h4-7H,1-3H3,(H,13,14);1-4H,8H2. The number of hydrogen-bond acceptors (Lipinski definition) is 3. The molecule has 2 aromatic rings. The molecule has 0 aliphatic carbocycles. The largest absolute Gasteiger partial charge is 0.444 e. The first-order chi connectivity index (χ1) is 10.7. The fraction of sp³-hybridized carbons (Fsp3) is 0.235. The van der Waals surface area contributed by atoms with E-state index in [9.17, 15) is 4.79 Å². The molecular formula is C17H20Br2N2O2. The minimum atomic E-state index is -0.473. The summed E-state index contributed by atoms with van der Waals surface area (Å²) in [5, 5.41) is 2.64. The number of halogens is 2. The molecule has 0 unspecified atom stereocenters. The highest BCUT2D eigenvalue weighted by Crippen LogP contribution is 2.15. The summed E-state index contributed by atoms with van der Waals surface area (Å²) in [7, 11) is 0. The fourth-order valence-corrected chi connectivity index (χ4v) is 1.95. The molecule has 0 spiro atoms. The summed E-state index contributed by atoms with van der Waals surface area (Å²) < 4.78 is 7.14. The van der Waals surface area contributed by atoms with Crippen molar-refractivity contribution in [1.29, 1.82) is 0 Å². The lowest BCUT2D eigenvalue weighted by molar-refractivity contribution is 0.0636. The van der Waals surface area contributed by atoms with Gasteiger partial charge in [-0.15, -0.1) is 0 Å². The number of hydrogen-bond donors (Lipinski definition) is 2. The van der Waals surface area contributed by atoms with Crippen LogP contribution in [0.5, 0.6) is 0 Å². The molecule has 4 nitrogen and oxygen atoms in total. The van der Waals surface area contributed by atoms with Gasteiger partial charge in [-0.05, 0) is 69.3 Å². The topological polar surface area (TPSA) is 64.3 Å². The number of amides is 1. The second kappa shape index (κ2) is 8.93. The van der Waals surface area contributed by atoms with Crippen LogP contribution in [0.25, 0.3) is 0 Å². The number of nitrogens with one attached hydrogen (secondary N) is 1. The molecule has 0 aliphatic heterocycles. The summed E-state index contributed by atoms with van der Waals surface area (Å²) >= 11 is 6.61. The Morgan fingerprint density at radius 2 is 1.39 bits per heavy atom. The second-order valence-corrected chi connectivity index (χ2v) is 7.52. The van der Waals surface area contributed by atoms with E-state index in [1.54, 1.807) is 12.1 Å². The van der Waals surface area contributed by atoms with E-state index in [2.05, 4.69) is 37.2 Å². The van der Waals surface area contributed by atoms with E-state index < -0.39 is 11.7 Å². The van der Waals surface area contributed by atoms with E-state index in [0.29, 0.717) is 5.69 Å². The Morgan fingerprint density at radius 3 is 1.78 bits per heavy atom. The maximum Gasteiger partial charge on any atom is 0.412 e. The average Bonchev–Trinajstić information content (AvgIpc) is 2.43. The Kier molecular flexibility index (Phi) is 7.58. The van der Waals surface area contributed by atoms with Gasteiger partial charge in [-0.1, -0.05) is 31.9 Å². The highest BCUT2D eigenvalue weighted by Gasteiger charge is 2.15. The molecule has 0 aliphatic rings. The van der Waals surface area contributed by atoms with Gasteiger partial charge in [0.2, 0.25) is 0 Å². The van der Waals surface area contributed by atoms with E-state index in [4.69, 9.17) is 10.5 Å². The molecule has 0 fully saturated rings. The van der Waals surface area contributed by atoms with Crippen LogP contribution in [0, 0.1) is 0 Å². The molecular weight excluding hydrogens is 424 g/mol. The van der Waals surface area contributed by atoms with E-state index in [0.717, 1.165) is 14.6 Å². The number of anilines is 2. The van der Waals surface area contributed by atoms with Crippen molar-refractivity contribution in [1.82, 2.24) is 0 Å². The van der Waals surface area contributed by atoms with Gasteiger partial charge in [-0.2, -0.15) is 0 Å². The van der Waals surface area contributed by atoms with Crippen LogP contribution in [0.3, 0.4) is 0 Å². The number of carbonyl (C=O) groups is 1. The number of rotatable bonds is 1. The molecule has 6 heteroatoms. The van der Waals surface area contributed by atoms with Crippen molar-refractivity contribution in [2.45, 2.75) is 26.4 Å². The number of ether oxygens (including phenoxy) is 1. The van der Waals surface area contributed by atoms with Crippen LogP contribution in [-0.2, 0) is 4.74 Å². The van der Waals surface area contributed by atoms with Gasteiger partial charge in [0.15, 0.2) is 0 Å². The average molecular weight is 444 g/mol. The lowest BCUT2D eigenvalue weighted by Gasteiger charge is -2.19. The van der Waals surface area contributed by atoms with Crippen LogP contribution in [0.15, 0.2) is 57.5 Å². The Labute approximate surface area is 153 Å². The van der Waals surface area contributed by atoms with Gasteiger partial charge >= 0.3 is 6.09 Å². The third kappa shape index (κ3) is 9.25. The molecule has 0 saturated carbocycles. The SMILES string of the molecule is CC(C)(C)OC(=O)Nc1ccc(Br)cc1.Nc1ccc(Br)cc1. The maximum absolute atomic E-state index is 11.4. The Bertz CT molecular complexity index is 600. The molecule has 0 radical (unpaired) electrons. The summed E-state index contributed by atoms with van der Waals surface area (Å²) in [6, 6.07) is 14.8. The lowest BCUT2D eigenvalue weighted by atomic mass is 10.2. The van der Waals surface area contributed by atoms with Gasteiger partial charge < -0.3 is 10.5 Å². The van der Waals surface area contributed by atoms with Crippen molar-refractivity contribution in [2.75, 3.05) is 11.1 Å². The highest BCUT2D eigenvalue weighted by atomic mass is 79.9. The van der Waals surface area contributed by atoms with Crippen molar-refractivity contribution in [3.05, 3.63) is 57.5 Å². The second-order valence-electron chi connectivity index (χ2n) is 5.69. The highest BCUT2D eigenvalue weighted by molar-refractivity contribution is 9.10. The van der Waals surface area contributed by atoms with Gasteiger partial charge in [-0.3, -0.25) is 5.32 Å². The molecule has 0 atom stereocenters. The Balaban J connectivity index is 0.000000277. The number of nitrogens with two attached hydrogens (primary N) is 1. The monoisotopic (exact) mass is 442 g/mol. The summed E-state index contributed by atoms with van der Waals surface area (Å²) in [5.74, 6) is 0. The third-order valence-electron chi connectivity index (χ3n) is 2.36. The van der Waals surface area contributed by atoms with Crippen molar-refractivity contribution >= 4 is 49.3 Å². The van der Waals surface area contributed by atoms with Gasteiger partial charge in [0, 0.05) is 20.3 Å². The first kappa shape index (κ1) is 19.5. The van der Waals surface area contributed by atoms with Gasteiger partial charge in [-0.25, -0.2) is 4.79 Å². The first-order valence-electron chi connectivity index (χ1n) is 6.92. The summed E-state index contributed by atoms with van der Waals surface area (Å²) in [6.07, 6.45) is -0.440. The normalized spacial score (nSPS) is 10.3. The van der Waals surface area contributed by atoms with Crippen molar-refractivity contribution < 1.29 is 9.53 Å². The van der Waals surface area contributed by atoms with Crippen LogP contribution >= 0.6 is 31.9 Å². The van der Waals surface area contributed by atoms with Crippen molar-refractivity contribution in [3.63, 3.8) is 0 Å². The van der Waals surface area contributed by atoms with Crippen LogP contribution in [0.4, 0.5) is 16.2 Å². The minimum absolute atomic E-state index is 0.440. The van der Waals surface area contributed by atoms with Crippen LogP contribution in [0.1, 0.15) is 20.8 Å². The summed E-state index contributed by atoms with van der Waals surface area (Å²) in [6.45, 7) is 5.48. The zero-order valence-electron chi connectivity index (χ0n) is 13.3. The predicted molar refractivity (Wildman–Crippen MR) is 103 cm³/mol. The van der Waals surface area contributed by atoms with Crippen LogP contribution in [-0.4, -0.2) is 11.7 Å². The number of nitrogen functional groups attached to an aromatic ring is 1. The summed E-state index contributed by atoms with van der Waals surface area (Å²) in [5.41, 5.74) is 6.45. The number of carbonyl (C=O) groups excluding carboxylic acids is 1. The molecule has 0 saturated heterocycles. The van der Waals surface area contributed by atoms with Crippen LogP contribution < -0.4 is 11.1 Å². The van der Waals surface area contributed by atoms with E-state index >= 15 is 0 Å². The lowest BCUT2D eigenvalue weighted by Crippen LogP contribution is -2.27.